The molecule has 0 aliphatic carbocycles. The molecule has 0 N–H and O–H groups in total. The first kappa shape index (κ1) is 20.1. The van der Waals surface area contributed by atoms with E-state index in [2.05, 4.69) is 14.9 Å². The first-order valence-corrected chi connectivity index (χ1v) is 8.48. The smallest absolute Gasteiger partial charge is 0.387 e. The summed E-state index contributed by atoms with van der Waals surface area (Å²) >= 11 is 0. The normalized spacial score (nSPS) is 11.2. The van der Waals surface area contributed by atoms with Crippen LogP contribution in [0.15, 0.2) is 51.5 Å². The Morgan fingerprint density at radius 2 is 2.10 bits per heavy atom. The summed E-state index contributed by atoms with van der Waals surface area (Å²) in [5.74, 6) is 0.0642. The highest BCUT2D eigenvalue weighted by Gasteiger charge is 2.13. The van der Waals surface area contributed by atoms with Crippen LogP contribution in [-0.4, -0.2) is 29.4 Å². The average Bonchev–Trinajstić information content (AvgIpc) is 3.38. The van der Waals surface area contributed by atoms with Gasteiger partial charge in [0.2, 0.25) is 0 Å². The quantitative estimate of drug-likeness (QED) is 0.387. The van der Waals surface area contributed by atoms with Crippen molar-refractivity contribution < 1.29 is 36.6 Å². The lowest BCUT2D eigenvalue weighted by molar-refractivity contribution is -0.139. The number of alkyl halides is 2. The summed E-state index contributed by atoms with van der Waals surface area (Å²) in [7, 11) is 0. The zero-order valence-corrected chi connectivity index (χ0v) is 15.2. The maximum absolute atomic E-state index is 12.4. The van der Waals surface area contributed by atoms with Gasteiger partial charge in [0.1, 0.15) is 0 Å². The van der Waals surface area contributed by atoms with Gasteiger partial charge in [-0.25, -0.2) is 4.79 Å². The molecule has 10 heteroatoms. The number of carbonyl (C=O) groups excluding carboxylic acids is 1. The molecule has 152 valence electrons. The number of ether oxygens (including phenoxy) is 3. The summed E-state index contributed by atoms with van der Waals surface area (Å²) in [6, 6.07) is 7.63. The molecule has 0 aliphatic heterocycles. The van der Waals surface area contributed by atoms with Crippen molar-refractivity contribution in [3.8, 4) is 23.1 Å². The Bertz CT molecular complexity index is 969. The van der Waals surface area contributed by atoms with E-state index in [9.17, 15) is 13.6 Å². The molecule has 0 spiro atoms. The molecule has 0 atom stereocenters. The lowest BCUT2D eigenvalue weighted by atomic mass is 10.2. The number of esters is 1. The molecule has 0 bridgehead atoms. The van der Waals surface area contributed by atoms with Crippen LogP contribution in [0.25, 0.3) is 17.7 Å². The van der Waals surface area contributed by atoms with Crippen molar-refractivity contribution in [3.05, 3.63) is 54.1 Å². The van der Waals surface area contributed by atoms with Crippen LogP contribution in [0.5, 0.6) is 11.5 Å². The van der Waals surface area contributed by atoms with Gasteiger partial charge in [0.25, 0.3) is 11.8 Å². The number of hydrogen-bond acceptors (Lipinski definition) is 8. The fourth-order valence-electron chi connectivity index (χ4n) is 2.25. The van der Waals surface area contributed by atoms with Gasteiger partial charge in [-0.3, -0.25) is 0 Å². The summed E-state index contributed by atoms with van der Waals surface area (Å²) in [5, 5.41) is 7.55. The van der Waals surface area contributed by atoms with Gasteiger partial charge in [0, 0.05) is 6.08 Å². The first-order chi connectivity index (χ1) is 14.0. The lowest BCUT2D eigenvalue weighted by Gasteiger charge is -2.11. The Morgan fingerprint density at radius 1 is 1.24 bits per heavy atom. The number of hydrogen-bond donors (Lipinski definition) is 0. The molecule has 0 aliphatic rings. The molecule has 2 aromatic heterocycles. The Kier molecular flexibility index (Phi) is 6.56. The van der Waals surface area contributed by atoms with Gasteiger partial charge < -0.3 is 23.0 Å². The average molecular weight is 406 g/mol. The maximum atomic E-state index is 12.4. The van der Waals surface area contributed by atoms with E-state index in [1.165, 1.54) is 36.6 Å². The molecule has 0 fully saturated rings. The molecular weight excluding hydrogens is 390 g/mol. The van der Waals surface area contributed by atoms with Gasteiger partial charge in [-0.2, -0.15) is 8.78 Å². The van der Waals surface area contributed by atoms with Gasteiger partial charge in [0.05, 0.1) is 12.9 Å². The molecule has 0 saturated carbocycles. The minimum absolute atomic E-state index is 0.0923. The highest BCUT2D eigenvalue weighted by Crippen LogP contribution is 2.30. The molecule has 0 unspecified atom stereocenters. The fraction of sp³-hybridized carbons (Fsp3) is 0.211. The second-order valence-corrected chi connectivity index (χ2v) is 5.44. The molecule has 8 nitrogen and oxygen atoms in total. The van der Waals surface area contributed by atoms with Crippen LogP contribution in [0.1, 0.15) is 18.4 Å². The molecule has 0 amide bonds. The molecule has 29 heavy (non-hydrogen) atoms. The number of furan rings is 1. The Hall–Kier alpha value is -3.69. The van der Waals surface area contributed by atoms with Crippen LogP contribution in [0.2, 0.25) is 0 Å². The topological polar surface area (TPSA) is 96.8 Å². The third-order valence-corrected chi connectivity index (χ3v) is 3.43. The summed E-state index contributed by atoms with van der Waals surface area (Å²) in [6.45, 7) is -1.22. The van der Waals surface area contributed by atoms with E-state index in [0.717, 1.165) is 0 Å². The number of benzene rings is 1. The monoisotopic (exact) mass is 406 g/mol. The fourth-order valence-corrected chi connectivity index (χ4v) is 2.25. The highest BCUT2D eigenvalue weighted by atomic mass is 19.3. The predicted molar refractivity (Wildman–Crippen MR) is 95.1 cm³/mol. The minimum atomic E-state index is -2.97. The third-order valence-electron chi connectivity index (χ3n) is 3.43. The summed E-state index contributed by atoms with van der Waals surface area (Å²) in [4.78, 5) is 11.9. The second-order valence-electron chi connectivity index (χ2n) is 5.44. The van der Waals surface area contributed by atoms with Crippen molar-refractivity contribution in [2.75, 3.05) is 6.61 Å². The van der Waals surface area contributed by atoms with Crippen LogP contribution < -0.4 is 9.47 Å². The molecule has 0 saturated heterocycles. The lowest BCUT2D eigenvalue weighted by Crippen LogP contribution is -2.04. The molecule has 3 aromatic rings. The second kappa shape index (κ2) is 9.49. The van der Waals surface area contributed by atoms with Gasteiger partial charge in [-0.05, 0) is 42.8 Å². The molecule has 3 rings (SSSR count). The zero-order valence-electron chi connectivity index (χ0n) is 15.2. The van der Waals surface area contributed by atoms with Crippen LogP contribution in [0, 0.1) is 0 Å². The van der Waals surface area contributed by atoms with Gasteiger partial charge in [0.15, 0.2) is 23.9 Å². The van der Waals surface area contributed by atoms with E-state index < -0.39 is 12.6 Å². The van der Waals surface area contributed by atoms with Crippen molar-refractivity contribution in [2.45, 2.75) is 20.1 Å². The van der Waals surface area contributed by atoms with Crippen molar-refractivity contribution in [1.82, 2.24) is 10.2 Å². The van der Waals surface area contributed by atoms with Crippen LogP contribution in [-0.2, 0) is 16.1 Å². The first-order valence-electron chi connectivity index (χ1n) is 8.48. The molecule has 1 aromatic carbocycles. The van der Waals surface area contributed by atoms with Crippen LogP contribution in [0.3, 0.4) is 0 Å². The predicted octanol–water partition coefficient (Wildman–Crippen LogP) is 4.09. The number of aromatic nitrogens is 2. The Balaban J connectivity index is 1.58. The number of halogens is 2. The van der Waals surface area contributed by atoms with Gasteiger partial charge >= 0.3 is 12.6 Å². The standard InChI is InChI=1S/C19H16F2N2O6/c1-2-25-15-10-12(5-7-13(15)28-19(20)21)6-8-17(24)27-11-16-22-23-18(29-16)14-4-3-9-26-14/h3-10,19H,2,11H2,1H3/b8-6+. The summed E-state index contributed by atoms with van der Waals surface area (Å²) < 4.78 is 50.0. The van der Waals surface area contributed by atoms with Crippen molar-refractivity contribution in [1.29, 1.82) is 0 Å². The largest absolute Gasteiger partial charge is 0.490 e. The SMILES string of the molecule is CCOc1cc(/C=C/C(=O)OCc2nnc(-c3ccco3)o2)ccc1OC(F)F. The number of carbonyl (C=O) groups is 1. The molecular formula is C19H16F2N2O6. The minimum Gasteiger partial charge on any atom is -0.490 e. The van der Waals surface area contributed by atoms with Crippen LogP contribution >= 0.6 is 0 Å². The Morgan fingerprint density at radius 3 is 2.83 bits per heavy atom. The van der Waals surface area contributed by atoms with E-state index in [-0.39, 0.29) is 36.5 Å². The number of rotatable bonds is 9. The van der Waals surface area contributed by atoms with Crippen molar-refractivity contribution >= 4 is 12.0 Å². The summed E-state index contributed by atoms with van der Waals surface area (Å²) in [5.41, 5.74) is 0.532. The van der Waals surface area contributed by atoms with E-state index in [4.69, 9.17) is 18.3 Å². The maximum Gasteiger partial charge on any atom is 0.387 e. The number of nitrogens with zero attached hydrogens (tertiary/aromatic N) is 2. The van der Waals surface area contributed by atoms with E-state index in [0.29, 0.717) is 11.3 Å². The third kappa shape index (κ3) is 5.64. The van der Waals surface area contributed by atoms with Gasteiger partial charge in [-0.15, -0.1) is 10.2 Å². The van der Waals surface area contributed by atoms with E-state index in [1.807, 2.05) is 0 Å². The zero-order chi connectivity index (χ0) is 20.6. The van der Waals surface area contributed by atoms with Crippen molar-refractivity contribution in [3.63, 3.8) is 0 Å². The Labute approximate surface area is 163 Å². The molecule has 2 heterocycles. The van der Waals surface area contributed by atoms with Crippen molar-refractivity contribution in [2.24, 2.45) is 0 Å². The molecule has 0 radical (unpaired) electrons. The van der Waals surface area contributed by atoms with E-state index >= 15 is 0 Å². The highest BCUT2D eigenvalue weighted by molar-refractivity contribution is 5.87. The van der Waals surface area contributed by atoms with Gasteiger partial charge in [-0.1, -0.05) is 6.07 Å². The summed E-state index contributed by atoms with van der Waals surface area (Å²) in [6.07, 6.45) is 4.08. The van der Waals surface area contributed by atoms with Crippen LogP contribution in [0.4, 0.5) is 8.78 Å². The van der Waals surface area contributed by atoms with E-state index in [1.54, 1.807) is 19.1 Å².